The molecular weight excluding hydrogens is 386 g/mol. The molecule has 0 heterocycles. The predicted octanol–water partition coefficient (Wildman–Crippen LogP) is 4.19. The molecule has 0 amide bonds. The van der Waals surface area contributed by atoms with E-state index in [0.29, 0.717) is 25.4 Å². The van der Waals surface area contributed by atoms with Crippen LogP contribution in [0.3, 0.4) is 0 Å². The maximum atomic E-state index is 13.4. The predicted molar refractivity (Wildman–Crippen MR) is 114 cm³/mol. The number of nitrogens with zero attached hydrogens (tertiary/aromatic N) is 1. The number of hydrogen-bond acceptors (Lipinski definition) is 4. The first kappa shape index (κ1) is 21.4. The number of methoxy groups -OCH3 is 2. The van der Waals surface area contributed by atoms with Gasteiger partial charge >= 0.3 is 0 Å². The van der Waals surface area contributed by atoms with E-state index in [4.69, 9.17) is 9.47 Å². The van der Waals surface area contributed by atoms with E-state index in [2.05, 4.69) is 6.08 Å². The molecule has 155 valence electrons. The lowest BCUT2D eigenvalue weighted by Gasteiger charge is -2.28. The van der Waals surface area contributed by atoms with Crippen LogP contribution >= 0.6 is 0 Å². The van der Waals surface area contributed by atoms with E-state index in [1.54, 1.807) is 25.4 Å². The van der Waals surface area contributed by atoms with Crippen LogP contribution < -0.4 is 9.47 Å². The monoisotopic (exact) mass is 414 g/mol. The van der Waals surface area contributed by atoms with Crippen LogP contribution in [-0.4, -0.2) is 32.2 Å². The quantitative estimate of drug-likeness (QED) is 0.585. The first-order valence-electron chi connectivity index (χ1n) is 9.74. The largest absolute Gasteiger partial charge is 0.497 e. The summed E-state index contributed by atoms with van der Waals surface area (Å²) in [6, 6.07) is 15.0. The second-order valence-electron chi connectivity index (χ2n) is 7.39. The third-order valence-electron chi connectivity index (χ3n) is 5.27. The second kappa shape index (κ2) is 9.46. The average Bonchev–Trinajstić information content (AvgIpc) is 2.71. The lowest BCUT2D eigenvalue weighted by molar-refractivity contribution is 0.385. The second-order valence-corrected chi connectivity index (χ2v) is 9.74. The summed E-state index contributed by atoms with van der Waals surface area (Å²) < 4.78 is 38.8. The highest BCUT2D eigenvalue weighted by atomic mass is 32.2. The van der Waals surface area contributed by atoms with Gasteiger partial charge in [0.1, 0.15) is 11.5 Å². The Hall–Kier alpha value is -2.31. The fourth-order valence-corrected chi connectivity index (χ4v) is 5.00. The van der Waals surface area contributed by atoms with Crippen LogP contribution in [0.4, 0.5) is 0 Å². The van der Waals surface area contributed by atoms with Crippen molar-refractivity contribution in [3.63, 3.8) is 0 Å². The topological polar surface area (TPSA) is 55.8 Å². The van der Waals surface area contributed by atoms with Gasteiger partial charge in [0.2, 0.25) is 10.0 Å². The maximum Gasteiger partial charge on any atom is 0.217 e. The van der Waals surface area contributed by atoms with E-state index >= 15 is 0 Å². The zero-order chi connectivity index (χ0) is 20.9. The molecule has 1 radical (unpaired) electrons. The van der Waals surface area contributed by atoms with Gasteiger partial charge in [-0.25, -0.2) is 8.42 Å². The van der Waals surface area contributed by atoms with Crippen molar-refractivity contribution >= 4 is 10.0 Å². The molecular formula is C23H28NO4S. The van der Waals surface area contributed by atoms with E-state index < -0.39 is 15.3 Å². The molecule has 0 N–H and O–H groups in total. The van der Waals surface area contributed by atoms with Crippen LogP contribution in [0.5, 0.6) is 11.5 Å². The fraction of sp³-hybridized carbons (Fsp3) is 0.391. The standard InChI is InChI=1S/C23H28NO4S/c1-18(15-19-5-4-6-19)29(25,26)24(16-20-7-11-22(27-2)12-8-20)17-21-9-13-23(28-3)14-10-21/h5,7-14,18-19H,6,15-17H2,1-3H3/t18-,19+/m1/s1. The highest BCUT2D eigenvalue weighted by molar-refractivity contribution is 7.89. The number of benzene rings is 2. The summed E-state index contributed by atoms with van der Waals surface area (Å²) in [6.45, 7) is 2.43. The Morgan fingerprint density at radius 1 is 0.966 bits per heavy atom. The number of ether oxygens (including phenoxy) is 2. The summed E-state index contributed by atoms with van der Waals surface area (Å²) in [5, 5.41) is -0.456. The Kier molecular flexibility index (Phi) is 6.98. The van der Waals surface area contributed by atoms with Gasteiger partial charge in [0, 0.05) is 13.1 Å². The summed E-state index contributed by atoms with van der Waals surface area (Å²) in [6.07, 6.45) is 6.53. The number of hydrogen-bond donors (Lipinski definition) is 0. The molecule has 0 unspecified atom stereocenters. The molecule has 0 aromatic heterocycles. The van der Waals surface area contributed by atoms with Gasteiger partial charge in [-0.2, -0.15) is 4.31 Å². The average molecular weight is 415 g/mol. The van der Waals surface area contributed by atoms with Gasteiger partial charge in [-0.3, -0.25) is 0 Å². The van der Waals surface area contributed by atoms with Crippen molar-refractivity contribution < 1.29 is 17.9 Å². The first-order valence-corrected chi connectivity index (χ1v) is 11.2. The smallest absolute Gasteiger partial charge is 0.217 e. The highest BCUT2D eigenvalue weighted by Gasteiger charge is 2.31. The van der Waals surface area contributed by atoms with Crippen LogP contribution in [-0.2, 0) is 23.1 Å². The zero-order valence-electron chi connectivity index (χ0n) is 17.2. The molecule has 1 aliphatic carbocycles. The Morgan fingerprint density at radius 2 is 1.41 bits per heavy atom. The molecule has 0 bridgehead atoms. The molecule has 0 aliphatic heterocycles. The summed E-state index contributed by atoms with van der Waals surface area (Å²) in [5.74, 6) is 1.81. The summed E-state index contributed by atoms with van der Waals surface area (Å²) >= 11 is 0. The molecule has 3 rings (SSSR count). The Bertz CT molecular complexity index is 871. The van der Waals surface area contributed by atoms with Crippen molar-refractivity contribution in [1.29, 1.82) is 0 Å². The van der Waals surface area contributed by atoms with Gasteiger partial charge < -0.3 is 9.47 Å². The third kappa shape index (κ3) is 5.40. The third-order valence-corrected chi connectivity index (χ3v) is 7.46. The van der Waals surface area contributed by atoms with E-state index in [0.717, 1.165) is 29.0 Å². The van der Waals surface area contributed by atoms with Crippen LogP contribution in [0.2, 0.25) is 0 Å². The highest BCUT2D eigenvalue weighted by Crippen LogP contribution is 2.27. The minimum absolute atomic E-state index is 0.309. The number of rotatable bonds is 10. The normalized spacial score (nSPS) is 17.0. The van der Waals surface area contributed by atoms with Gasteiger partial charge in [0.05, 0.1) is 19.5 Å². The molecule has 29 heavy (non-hydrogen) atoms. The minimum atomic E-state index is -3.48. The molecule has 0 saturated heterocycles. The van der Waals surface area contributed by atoms with Crippen LogP contribution in [0.25, 0.3) is 0 Å². The Labute approximate surface area is 174 Å². The molecule has 0 spiro atoms. The summed E-state index contributed by atoms with van der Waals surface area (Å²) in [5.41, 5.74) is 1.85. The first-order chi connectivity index (χ1) is 13.9. The minimum Gasteiger partial charge on any atom is -0.497 e. The lowest BCUT2D eigenvalue weighted by atomic mass is 9.91. The molecule has 0 fully saturated rings. The van der Waals surface area contributed by atoms with E-state index in [1.165, 1.54) is 0 Å². The molecule has 2 aromatic rings. The summed E-state index contributed by atoms with van der Waals surface area (Å²) in [7, 11) is -0.248. The Morgan fingerprint density at radius 3 is 1.76 bits per heavy atom. The molecule has 6 heteroatoms. The molecule has 1 aliphatic rings. The van der Waals surface area contributed by atoms with Gasteiger partial charge in [-0.05, 0) is 67.2 Å². The lowest BCUT2D eigenvalue weighted by Crippen LogP contribution is -2.37. The van der Waals surface area contributed by atoms with E-state index in [9.17, 15) is 8.42 Å². The van der Waals surface area contributed by atoms with Gasteiger partial charge in [0.15, 0.2) is 0 Å². The summed E-state index contributed by atoms with van der Waals surface area (Å²) in [4.78, 5) is 0. The van der Waals surface area contributed by atoms with Crippen LogP contribution in [0.15, 0.2) is 54.6 Å². The molecule has 0 saturated carbocycles. The van der Waals surface area contributed by atoms with Gasteiger partial charge in [-0.1, -0.05) is 30.3 Å². The molecule has 2 atom stereocenters. The van der Waals surface area contributed by atoms with Crippen molar-refractivity contribution in [2.75, 3.05) is 14.2 Å². The molecule has 5 nitrogen and oxygen atoms in total. The Balaban J connectivity index is 1.82. The van der Waals surface area contributed by atoms with Crippen molar-refractivity contribution in [3.8, 4) is 11.5 Å². The van der Waals surface area contributed by atoms with Crippen molar-refractivity contribution in [1.82, 2.24) is 4.31 Å². The van der Waals surface area contributed by atoms with Crippen LogP contribution in [0, 0.1) is 12.0 Å². The number of allylic oxidation sites excluding steroid dienone is 2. The van der Waals surface area contributed by atoms with Crippen LogP contribution in [0.1, 0.15) is 30.9 Å². The van der Waals surface area contributed by atoms with Crippen molar-refractivity contribution in [2.45, 2.75) is 38.1 Å². The maximum absolute atomic E-state index is 13.4. The zero-order valence-corrected chi connectivity index (χ0v) is 18.0. The van der Waals surface area contributed by atoms with E-state index in [-0.39, 0.29) is 0 Å². The van der Waals surface area contributed by atoms with E-state index in [1.807, 2.05) is 54.6 Å². The van der Waals surface area contributed by atoms with Crippen molar-refractivity contribution in [2.24, 2.45) is 5.92 Å². The van der Waals surface area contributed by atoms with Gasteiger partial charge in [-0.15, -0.1) is 0 Å². The van der Waals surface area contributed by atoms with Gasteiger partial charge in [0.25, 0.3) is 0 Å². The number of sulfonamides is 1. The SMILES string of the molecule is COc1ccc(CN(Cc2ccc(OC)cc2)S(=O)(=O)[C@H](C)C[C@H]2C=[C]C2)cc1. The molecule has 2 aromatic carbocycles. The van der Waals surface area contributed by atoms with Crippen molar-refractivity contribution in [3.05, 3.63) is 71.8 Å². The fourth-order valence-electron chi connectivity index (χ4n) is 3.34.